The number of terminal acetylenes is 1. The van der Waals surface area contributed by atoms with Crippen molar-refractivity contribution in [3.63, 3.8) is 0 Å². The zero-order valence-corrected chi connectivity index (χ0v) is 12.0. The molecule has 1 N–H and O–H groups in total. The average Bonchev–Trinajstić information content (AvgIpc) is 2.54. The molecule has 1 aromatic carbocycles. The summed E-state index contributed by atoms with van der Waals surface area (Å²) in [6.07, 6.45) is 4.83. The topological polar surface area (TPSA) is 50.8 Å². The van der Waals surface area contributed by atoms with Crippen LogP contribution in [0.15, 0.2) is 30.3 Å². The minimum absolute atomic E-state index is 0.0450. The Kier molecular flexibility index (Phi) is 6.07. The molecule has 1 unspecified atom stereocenters. The molecule has 0 spiro atoms. The molecule has 0 saturated carbocycles. The lowest BCUT2D eigenvalue weighted by Gasteiger charge is -2.32. The summed E-state index contributed by atoms with van der Waals surface area (Å²) in [7, 11) is 0. The second kappa shape index (κ2) is 8.30. The number of ether oxygens (including phenoxy) is 2. The van der Waals surface area contributed by atoms with Gasteiger partial charge in [-0.2, -0.15) is 0 Å². The number of hydrogen-bond donors (Lipinski definition) is 1. The van der Waals surface area contributed by atoms with Gasteiger partial charge < -0.3 is 19.7 Å². The molecule has 21 heavy (non-hydrogen) atoms. The van der Waals surface area contributed by atoms with E-state index in [4.69, 9.17) is 15.9 Å². The van der Waals surface area contributed by atoms with Crippen LogP contribution in [0.4, 0.5) is 4.79 Å². The van der Waals surface area contributed by atoms with Crippen molar-refractivity contribution in [1.82, 2.24) is 10.2 Å². The number of carbonyl (C=O) groups excluding carboxylic acids is 1. The number of benzene rings is 1. The van der Waals surface area contributed by atoms with Gasteiger partial charge in [0.05, 0.1) is 25.8 Å². The molecular formula is C16H20N2O3. The number of hydrogen-bond acceptors (Lipinski definition) is 4. The van der Waals surface area contributed by atoms with E-state index in [1.54, 1.807) is 4.90 Å². The van der Waals surface area contributed by atoms with E-state index in [1.165, 1.54) is 0 Å². The summed E-state index contributed by atoms with van der Waals surface area (Å²) in [5.41, 5.74) is 0.978. The van der Waals surface area contributed by atoms with Crippen LogP contribution in [0.25, 0.3) is 0 Å². The third-order valence-corrected chi connectivity index (χ3v) is 3.20. The van der Waals surface area contributed by atoms with Gasteiger partial charge in [0.15, 0.2) is 0 Å². The highest BCUT2D eigenvalue weighted by atomic mass is 16.6. The van der Waals surface area contributed by atoms with Crippen LogP contribution < -0.4 is 5.32 Å². The Bertz CT molecular complexity index is 484. The zero-order chi connectivity index (χ0) is 14.9. The van der Waals surface area contributed by atoms with Crippen LogP contribution >= 0.6 is 0 Å². The van der Waals surface area contributed by atoms with Crippen molar-refractivity contribution >= 4 is 6.09 Å². The Labute approximate surface area is 125 Å². The second-order valence-corrected chi connectivity index (χ2v) is 4.81. The SMILES string of the molecule is C#CCNCC1CN(C(=O)OCc2ccccc2)CCO1. The van der Waals surface area contributed by atoms with Crippen molar-refractivity contribution < 1.29 is 14.3 Å². The number of nitrogens with one attached hydrogen (secondary N) is 1. The van der Waals surface area contributed by atoms with Gasteiger partial charge in [-0.1, -0.05) is 36.3 Å². The molecule has 5 heteroatoms. The monoisotopic (exact) mass is 288 g/mol. The molecule has 1 heterocycles. The van der Waals surface area contributed by atoms with Gasteiger partial charge in [-0.15, -0.1) is 6.42 Å². The van der Waals surface area contributed by atoms with E-state index in [-0.39, 0.29) is 18.8 Å². The Balaban J connectivity index is 1.75. The first kappa shape index (κ1) is 15.4. The van der Waals surface area contributed by atoms with Gasteiger partial charge >= 0.3 is 6.09 Å². The first-order chi connectivity index (χ1) is 10.3. The summed E-state index contributed by atoms with van der Waals surface area (Å²) in [4.78, 5) is 13.7. The van der Waals surface area contributed by atoms with Crippen LogP contribution in [0, 0.1) is 12.3 Å². The lowest BCUT2D eigenvalue weighted by atomic mass is 10.2. The maximum absolute atomic E-state index is 12.0. The molecule has 1 atom stereocenters. The fraction of sp³-hybridized carbons (Fsp3) is 0.438. The molecule has 1 saturated heterocycles. The van der Waals surface area contributed by atoms with Gasteiger partial charge in [-0.05, 0) is 5.56 Å². The highest BCUT2D eigenvalue weighted by Gasteiger charge is 2.24. The smallest absolute Gasteiger partial charge is 0.410 e. The van der Waals surface area contributed by atoms with E-state index in [1.807, 2.05) is 30.3 Å². The van der Waals surface area contributed by atoms with Crippen LogP contribution in [0.3, 0.4) is 0 Å². The van der Waals surface area contributed by atoms with Crippen LogP contribution in [0.2, 0.25) is 0 Å². The summed E-state index contributed by atoms with van der Waals surface area (Å²) in [5.74, 6) is 2.51. The molecule has 2 rings (SSSR count). The van der Waals surface area contributed by atoms with Gasteiger partial charge in [0.1, 0.15) is 6.61 Å². The molecule has 0 aliphatic carbocycles. The largest absolute Gasteiger partial charge is 0.445 e. The van der Waals surface area contributed by atoms with Gasteiger partial charge in [-0.3, -0.25) is 0 Å². The fourth-order valence-electron chi connectivity index (χ4n) is 2.12. The third kappa shape index (κ3) is 5.10. The zero-order valence-electron chi connectivity index (χ0n) is 12.0. The highest BCUT2D eigenvalue weighted by Crippen LogP contribution is 2.08. The van der Waals surface area contributed by atoms with Crippen LogP contribution in [0.5, 0.6) is 0 Å². The lowest BCUT2D eigenvalue weighted by Crippen LogP contribution is -2.49. The number of nitrogens with zero attached hydrogens (tertiary/aromatic N) is 1. The molecule has 1 fully saturated rings. The third-order valence-electron chi connectivity index (χ3n) is 3.20. The summed E-state index contributed by atoms with van der Waals surface area (Å²) >= 11 is 0. The standard InChI is InChI=1S/C16H20N2O3/c1-2-8-17-11-15-12-18(9-10-20-15)16(19)21-13-14-6-4-3-5-7-14/h1,3-7,15,17H,8-13H2. The summed E-state index contributed by atoms with van der Waals surface area (Å²) in [6, 6.07) is 9.63. The number of carbonyl (C=O) groups is 1. The average molecular weight is 288 g/mol. The fourth-order valence-corrected chi connectivity index (χ4v) is 2.12. The predicted molar refractivity (Wildman–Crippen MR) is 79.6 cm³/mol. The number of amides is 1. The molecule has 1 amide bonds. The Morgan fingerprint density at radius 3 is 3.05 bits per heavy atom. The minimum atomic E-state index is -0.302. The van der Waals surface area contributed by atoms with E-state index in [0.717, 1.165) is 5.56 Å². The molecule has 0 aromatic heterocycles. The summed E-state index contributed by atoms with van der Waals surface area (Å²) < 4.78 is 10.9. The first-order valence-corrected chi connectivity index (χ1v) is 7.01. The normalized spacial score (nSPS) is 18.0. The van der Waals surface area contributed by atoms with Crippen molar-refractivity contribution in [2.75, 3.05) is 32.8 Å². The van der Waals surface area contributed by atoms with Gasteiger partial charge in [0.25, 0.3) is 0 Å². The number of morpholine rings is 1. The van der Waals surface area contributed by atoms with Gasteiger partial charge in [-0.25, -0.2) is 4.79 Å². The van der Waals surface area contributed by atoms with Crippen molar-refractivity contribution in [3.05, 3.63) is 35.9 Å². The molecule has 0 radical (unpaired) electrons. The maximum Gasteiger partial charge on any atom is 0.410 e. The minimum Gasteiger partial charge on any atom is -0.445 e. The van der Waals surface area contributed by atoms with Gasteiger partial charge in [0.2, 0.25) is 0 Å². The molecule has 5 nitrogen and oxygen atoms in total. The summed E-state index contributed by atoms with van der Waals surface area (Å²) in [5, 5.41) is 3.08. The molecule has 1 aromatic rings. The van der Waals surface area contributed by atoms with Gasteiger partial charge in [0, 0.05) is 13.1 Å². The first-order valence-electron chi connectivity index (χ1n) is 7.01. The van der Waals surface area contributed by atoms with Crippen molar-refractivity contribution in [1.29, 1.82) is 0 Å². The number of rotatable bonds is 5. The molecule has 1 aliphatic rings. The summed E-state index contributed by atoms with van der Waals surface area (Å²) in [6.45, 7) is 3.01. The predicted octanol–water partition coefficient (Wildman–Crippen LogP) is 1.25. The quantitative estimate of drug-likeness (QED) is 0.654. The van der Waals surface area contributed by atoms with Crippen molar-refractivity contribution in [3.8, 4) is 12.3 Å². The van der Waals surface area contributed by atoms with E-state index in [0.29, 0.717) is 32.8 Å². The Morgan fingerprint density at radius 2 is 2.29 bits per heavy atom. The Morgan fingerprint density at radius 1 is 1.48 bits per heavy atom. The maximum atomic E-state index is 12.0. The van der Waals surface area contributed by atoms with Crippen LogP contribution in [-0.4, -0.2) is 49.9 Å². The van der Waals surface area contributed by atoms with E-state index in [9.17, 15) is 4.79 Å². The molecular weight excluding hydrogens is 268 g/mol. The van der Waals surface area contributed by atoms with Crippen LogP contribution in [0.1, 0.15) is 5.56 Å². The molecule has 0 bridgehead atoms. The lowest BCUT2D eigenvalue weighted by molar-refractivity contribution is -0.0266. The molecule has 112 valence electrons. The molecule has 1 aliphatic heterocycles. The van der Waals surface area contributed by atoms with Crippen molar-refractivity contribution in [2.45, 2.75) is 12.7 Å². The van der Waals surface area contributed by atoms with Crippen LogP contribution in [-0.2, 0) is 16.1 Å². The second-order valence-electron chi connectivity index (χ2n) is 4.81. The van der Waals surface area contributed by atoms with E-state index in [2.05, 4.69) is 11.2 Å². The Hall–Kier alpha value is -2.03. The highest BCUT2D eigenvalue weighted by molar-refractivity contribution is 5.67. The van der Waals surface area contributed by atoms with E-state index >= 15 is 0 Å². The van der Waals surface area contributed by atoms with Crippen molar-refractivity contribution in [2.24, 2.45) is 0 Å². The van der Waals surface area contributed by atoms with E-state index < -0.39 is 0 Å².